The normalized spacial score (nSPS) is 21.8. The second-order valence-electron chi connectivity index (χ2n) is 5.06. The molecule has 1 N–H and O–H groups in total. The molecule has 0 bridgehead atoms. The van der Waals surface area contributed by atoms with E-state index in [1.807, 2.05) is 24.9 Å². The number of benzene rings is 1. The maximum atomic E-state index is 6.15. The highest BCUT2D eigenvalue weighted by Crippen LogP contribution is 2.36. The van der Waals surface area contributed by atoms with Crippen molar-refractivity contribution in [1.82, 2.24) is 5.32 Å². The Morgan fingerprint density at radius 1 is 1.44 bits per heavy atom. The van der Waals surface area contributed by atoms with E-state index in [1.165, 1.54) is 17.7 Å². The molecule has 100 valence electrons. The van der Waals surface area contributed by atoms with Crippen molar-refractivity contribution in [2.24, 2.45) is 5.92 Å². The molecule has 1 aromatic carbocycles. The van der Waals surface area contributed by atoms with E-state index in [9.17, 15) is 0 Å². The average Bonchev–Trinajstić information content (AvgIpc) is 2.44. The third-order valence-corrected chi connectivity index (χ3v) is 4.85. The average molecular weight is 265 g/mol. The highest BCUT2D eigenvalue weighted by atomic mass is 32.2. The number of hydrogen-bond acceptors (Lipinski definition) is 3. The molecule has 2 nitrogen and oxygen atoms in total. The van der Waals surface area contributed by atoms with Gasteiger partial charge in [0.15, 0.2) is 0 Å². The Balaban J connectivity index is 2.02. The molecule has 3 heteroatoms. The van der Waals surface area contributed by atoms with Crippen molar-refractivity contribution in [2.75, 3.05) is 12.8 Å². The molecule has 1 heterocycles. The summed E-state index contributed by atoms with van der Waals surface area (Å²) in [5.41, 5.74) is 0. The van der Waals surface area contributed by atoms with Crippen molar-refractivity contribution in [2.45, 2.75) is 43.7 Å². The van der Waals surface area contributed by atoms with Crippen LogP contribution in [0.4, 0.5) is 0 Å². The maximum Gasteiger partial charge on any atom is 0.133 e. The largest absolute Gasteiger partial charge is 0.487 e. The van der Waals surface area contributed by atoms with Crippen LogP contribution in [0, 0.1) is 5.92 Å². The van der Waals surface area contributed by atoms with Gasteiger partial charge in [-0.1, -0.05) is 32.4 Å². The predicted molar refractivity (Wildman–Crippen MR) is 78.5 cm³/mol. The van der Waals surface area contributed by atoms with Gasteiger partial charge in [-0.3, -0.25) is 0 Å². The monoisotopic (exact) mass is 265 g/mol. The molecule has 1 aliphatic heterocycles. The first-order chi connectivity index (χ1) is 8.74. The number of ether oxygens (including phenoxy) is 1. The van der Waals surface area contributed by atoms with Crippen molar-refractivity contribution in [1.29, 1.82) is 0 Å². The molecular weight excluding hydrogens is 242 g/mol. The van der Waals surface area contributed by atoms with Crippen LogP contribution in [-0.2, 0) is 0 Å². The van der Waals surface area contributed by atoms with Crippen molar-refractivity contribution in [3.8, 4) is 5.75 Å². The van der Waals surface area contributed by atoms with Crippen molar-refractivity contribution >= 4 is 11.8 Å². The molecule has 0 radical (unpaired) electrons. The van der Waals surface area contributed by atoms with Gasteiger partial charge in [-0.2, -0.15) is 0 Å². The van der Waals surface area contributed by atoms with E-state index in [0.717, 1.165) is 17.4 Å². The molecule has 0 amide bonds. The topological polar surface area (TPSA) is 21.3 Å². The number of likely N-dealkylation sites (N-methyl/N-ethyl adjacent to an activating group) is 1. The Morgan fingerprint density at radius 2 is 2.22 bits per heavy atom. The van der Waals surface area contributed by atoms with Crippen LogP contribution >= 0.6 is 11.8 Å². The molecular formula is C15H23NOS. The molecule has 18 heavy (non-hydrogen) atoms. The summed E-state index contributed by atoms with van der Waals surface area (Å²) < 4.78 is 6.15. The van der Waals surface area contributed by atoms with Crippen LogP contribution in [0.1, 0.15) is 26.7 Å². The zero-order valence-electron chi connectivity index (χ0n) is 11.5. The van der Waals surface area contributed by atoms with Gasteiger partial charge in [0.05, 0.1) is 0 Å². The molecule has 3 atom stereocenters. The quantitative estimate of drug-likeness (QED) is 0.879. The van der Waals surface area contributed by atoms with Crippen LogP contribution in [0.2, 0.25) is 0 Å². The summed E-state index contributed by atoms with van der Waals surface area (Å²) in [6, 6.07) is 8.78. The molecule has 2 rings (SSSR count). The van der Waals surface area contributed by atoms with E-state index in [1.54, 1.807) is 0 Å². The van der Waals surface area contributed by atoms with Crippen LogP contribution in [0.15, 0.2) is 29.2 Å². The second kappa shape index (κ2) is 6.48. The number of para-hydroxylation sites is 1. The summed E-state index contributed by atoms with van der Waals surface area (Å²) in [5.74, 6) is 2.83. The van der Waals surface area contributed by atoms with Gasteiger partial charge in [-0.15, -0.1) is 11.8 Å². The number of thioether (sulfide) groups is 1. The van der Waals surface area contributed by atoms with E-state index in [4.69, 9.17) is 4.74 Å². The first-order valence-electron chi connectivity index (χ1n) is 6.80. The summed E-state index contributed by atoms with van der Waals surface area (Å²) in [7, 11) is 2.04. The lowest BCUT2D eigenvalue weighted by molar-refractivity contribution is 0.155. The third kappa shape index (κ3) is 3.21. The molecule has 0 aliphatic carbocycles. The third-order valence-electron chi connectivity index (χ3n) is 3.70. The number of hydrogen-bond donors (Lipinski definition) is 1. The van der Waals surface area contributed by atoms with Gasteiger partial charge in [0, 0.05) is 16.7 Å². The minimum atomic E-state index is 0.281. The minimum absolute atomic E-state index is 0.281. The number of fused-ring (bicyclic) bond motifs is 1. The first-order valence-corrected chi connectivity index (χ1v) is 7.79. The Labute approximate surface area is 114 Å². The SMILES string of the molecule is CCC(C)CC(NC)C1CSc2ccccc2O1. The van der Waals surface area contributed by atoms with Gasteiger partial charge in [0.25, 0.3) is 0 Å². The van der Waals surface area contributed by atoms with E-state index in [-0.39, 0.29) is 6.10 Å². The highest BCUT2D eigenvalue weighted by Gasteiger charge is 2.27. The smallest absolute Gasteiger partial charge is 0.133 e. The molecule has 0 aromatic heterocycles. The Hall–Kier alpha value is -0.670. The van der Waals surface area contributed by atoms with Gasteiger partial charge in [0.1, 0.15) is 11.9 Å². The lowest BCUT2D eigenvalue weighted by Gasteiger charge is -2.32. The number of rotatable bonds is 5. The molecule has 0 saturated heterocycles. The van der Waals surface area contributed by atoms with Crippen LogP contribution < -0.4 is 10.1 Å². The molecule has 3 unspecified atom stereocenters. The molecule has 0 spiro atoms. The standard InChI is InChI=1S/C15H23NOS/c1-4-11(2)9-12(16-3)14-10-18-15-8-6-5-7-13(15)17-14/h5-8,11-12,14,16H,4,9-10H2,1-3H3. The van der Waals surface area contributed by atoms with Crippen molar-refractivity contribution in [3.05, 3.63) is 24.3 Å². The van der Waals surface area contributed by atoms with E-state index in [0.29, 0.717) is 6.04 Å². The fourth-order valence-electron chi connectivity index (χ4n) is 2.29. The van der Waals surface area contributed by atoms with Gasteiger partial charge in [-0.25, -0.2) is 0 Å². The lowest BCUT2D eigenvalue weighted by atomic mass is 9.96. The highest BCUT2D eigenvalue weighted by molar-refractivity contribution is 7.99. The molecule has 0 saturated carbocycles. The fourth-order valence-corrected chi connectivity index (χ4v) is 3.37. The van der Waals surface area contributed by atoms with Gasteiger partial charge in [0.2, 0.25) is 0 Å². The predicted octanol–water partition coefficient (Wildman–Crippen LogP) is 3.56. The summed E-state index contributed by atoms with van der Waals surface area (Å²) in [5, 5.41) is 3.43. The summed E-state index contributed by atoms with van der Waals surface area (Å²) in [4.78, 5) is 1.27. The van der Waals surface area contributed by atoms with E-state index < -0.39 is 0 Å². The Kier molecular flexibility index (Phi) is 4.95. The van der Waals surface area contributed by atoms with Crippen LogP contribution in [-0.4, -0.2) is 24.9 Å². The van der Waals surface area contributed by atoms with E-state index >= 15 is 0 Å². The van der Waals surface area contributed by atoms with Crippen molar-refractivity contribution < 1.29 is 4.74 Å². The van der Waals surface area contributed by atoms with E-state index in [2.05, 4.69) is 37.4 Å². The van der Waals surface area contributed by atoms with Crippen molar-refractivity contribution in [3.63, 3.8) is 0 Å². The number of nitrogens with one attached hydrogen (secondary N) is 1. The summed E-state index contributed by atoms with van der Waals surface area (Å²) in [6.45, 7) is 4.57. The summed E-state index contributed by atoms with van der Waals surface area (Å²) in [6.07, 6.45) is 2.69. The van der Waals surface area contributed by atoms with Gasteiger partial charge < -0.3 is 10.1 Å². The second-order valence-corrected chi connectivity index (χ2v) is 6.12. The first kappa shape index (κ1) is 13.8. The molecule has 1 aliphatic rings. The van der Waals surface area contributed by atoms with Crippen LogP contribution in [0.3, 0.4) is 0 Å². The Morgan fingerprint density at radius 3 is 2.94 bits per heavy atom. The fraction of sp³-hybridized carbons (Fsp3) is 0.600. The summed E-state index contributed by atoms with van der Waals surface area (Å²) >= 11 is 1.91. The zero-order chi connectivity index (χ0) is 13.0. The minimum Gasteiger partial charge on any atom is -0.487 e. The van der Waals surface area contributed by atoms with Gasteiger partial charge >= 0.3 is 0 Å². The lowest BCUT2D eigenvalue weighted by Crippen LogP contribution is -2.45. The molecule has 1 aromatic rings. The Bertz CT molecular complexity index is 383. The maximum absolute atomic E-state index is 6.15. The zero-order valence-corrected chi connectivity index (χ0v) is 12.3. The van der Waals surface area contributed by atoms with Crippen LogP contribution in [0.25, 0.3) is 0 Å². The van der Waals surface area contributed by atoms with Gasteiger partial charge in [-0.05, 0) is 31.5 Å². The van der Waals surface area contributed by atoms with Crippen LogP contribution in [0.5, 0.6) is 5.75 Å². The molecule has 0 fully saturated rings.